The third-order valence-corrected chi connectivity index (χ3v) is 2.17. The molecule has 0 aromatic heterocycles. The number of benzene rings is 1. The Labute approximate surface area is 95.5 Å². The Hall–Kier alpha value is -0.970. The molecule has 0 amide bonds. The molecule has 0 aliphatic carbocycles. The summed E-state index contributed by atoms with van der Waals surface area (Å²) in [4.78, 5) is 2.48. The van der Waals surface area contributed by atoms with Crippen LogP contribution in [0.1, 0.15) is 5.56 Å². The fourth-order valence-corrected chi connectivity index (χ4v) is 1.60. The highest BCUT2D eigenvalue weighted by Crippen LogP contribution is 2.03. The lowest BCUT2D eigenvalue weighted by Gasteiger charge is -2.20. The van der Waals surface area contributed by atoms with Crippen LogP contribution < -0.4 is 5.73 Å². The van der Waals surface area contributed by atoms with Gasteiger partial charge in [-0.1, -0.05) is 42.5 Å². The lowest BCUT2D eigenvalue weighted by Crippen LogP contribution is -2.34. The average molecular weight is 224 g/mol. The number of hydrogen-bond donors (Lipinski definition) is 2. The minimum atomic E-state index is 0.120. The highest BCUT2D eigenvalue weighted by molar-refractivity contribution is 7.80. The van der Waals surface area contributed by atoms with Gasteiger partial charge in [-0.15, -0.1) is 0 Å². The first-order valence-electron chi connectivity index (χ1n) is 4.88. The van der Waals surface area contributed by atoms with E-state index in [1.165, 1.54) is 5.56 Å². The number of aliphatic hydroxyl groups excluding tert-OH is 1. The molecule has 0 saturated heterocycles. The molecule has 1 aromatic carbocycles. The molecule has 0 saturated carbocycles. The van der Waals surface area contributed by atoms with Crippen molar-refractivity contribution in [2.45, 2.75) is 6.54 Å². The van der Waals surface area contributed by atoms with Crippen LogP contribution in [0.5, 0.6) is 0 Å². The Bertz CT molecular complexity index is 303. The van der Waals surface area contributed by atoms with E-state index in [-0.39, 0.29) is 6.61 Å². The SMILES string of the molecule is NC(=S)CN(CCO)Cc1ccccc1. The number of rotatable bonds is 6. The third kappa shape index (κ3) is 4.88. The van der Waals surface area contributed by atoms with Crippen LogP contribution in [0.15, 0.2) is 30.3 Å². The summed E-state index contributed by atoms with van der Waals surface area (Å²) < 4.78 is 0. The van der Waals surface area contributed by atoms with Gasteiger partial charge in [-0.2, -0.15) is 0 Å². The first-order valence-corrected chi connectivity index (χ1v) is 5.28. The van der Waals surface area contributed by atoms with Gasteiger partial charge >= 0.3 is 0 Å². The van der Waals surface area contributed by atoms with Gasteiger partial charge in [-0.05, 0) is 5.56 Å². The number of hydrogen-bond acceptors (Lipinski definition) is 3. The second-order valence-electron chi connectivity index (χ2n) is 3.39. The molecule has 15 heavy (non-hydrogen) atoms. The molecule has 0 heterocycles. The maximum absolute atomic E-state index is 8.90. The van der Waals surface area contributed by atoms with E-state index in [1.807, 2.05) is 35.2 Å². The van der Waals surface area contributed by atoms with Crippen LogP contribution >= 0.6 is 12.2 Å². The van der Waals surface area contributed by atoms with E-state index in [4.69, 9.17) is 23.1 Å². The van der Waals surface area contributed by atoms with Crippen LogP contribution in [-0.4, -0.2) is 34.7 Å². The van der Waals surface area contributed by atoms with Crippen LogP contribution in [-0.2, 0) is 6.54 Å². The molecule has 3 N–H and O–H groups in total. The zero-order valence-electron chi connectivity index (χ0n) is 8.60. The number of nitrogens with zero attached hydrogens (tertiary/aromatic N) is 1. The second-order valence-corrected chi connectivity index (χ2v) is 3.91. The predicted molar refractivity (Wildman–Crippen MR) is 65.6 cm³/mol. The maximum Gasteiger partial charge on any atom is 0.0870 e. The van der Waals surface area contributed by atoms with E-state index in [9.17, 15) is 0 Å². The summed E-state index contributed by atoms with van der Waals surface area (Å²) in [5.41, 5.74) is 6.68. The summed E-state index contributed by atoms with van der Waals surface area (Å²) in [7, 11) is 0. The molecule has 82 valence electrons. The van der Waals surface area contributed by atoms with Crippen molar-refractivity contribution >= 4 is 17.2 Å². The molecule has 0 aliphatic heterocycles. The van der Waals surface area contributed by atoms with E-state index in [0.29, 0.717) is 18.1 Å². The molecule has 0 aliphatic rings. The fraction of sp³-hybridized carbons (Fsp3) is 0.364. The third-order valence-electron chi connectivity index (χ3n) is 2.04. The minimum Gasteiger partial charge on any atom is -0.395 e. The molecule has 0 radical (unpaired) electrons. The van der Waals surface area contributed by atoms with E-state index >= 15 is 0 Å². The van der Waals surface area contributed by atoms with E-state index < -0.39 is 0 Å². The van der Waals surface area contributed by atoms with Crippen molar-refractivity contribution in [3.8, 4) is 0 Å². The van der Waals surface area contributed by atoms with Crippen molar-refractivity contribution in [1.82, 2.24) is 4.90 Å². The van der Waals surface area contributed by atoms with Crippen molar-refractivity contribution in [1.29, 1.82) is 0 Å². The van der Waals surface area contributed by atoms with Gasteiger partial charge in [0.2, 0.25) is 0 Å². The first kappa shape index (κ1) is 12.1. The summed E-state index contributed by atoms with van der Waals surface area (Å²) in [6.45, 7) is 2.02. The Morgan fingerprint density at radius 2 is 2.00 bits per heavy atom. The molecule has 0 bridgehead atoms. The maximum atomic E-state index is 8.90. The topological polar surface area (TPSA) is 49.5 Å². The van der Waals surface area contributed by atoms with Crippen molar-refractivity contribution in [2.24, 2.45) is 5.73 Å². The molecule has 0 fully saturated rings. The smallest absolute Gasteiger partial charge is 0.0870 e. The summed E-state index contributed by atoms with van der Waals surface area (Å²) >= 11 is 4.86. The Balaban J connectivity index is 2.54. The lowest BCUT2D eigenvalue weighted by molar-refractivity contribution is 0.207. The number of thiocarbonyl (C=S) groups is 1. The quantitative estimate of drug-likeness (QED) is 0.701. The standard InChI is InChI=1S/C11H16N2OS/c12-11(15)9-13(6-7-14)8-10-4-2-1-3-5-10/h1-5,14H,6-9H2,(H2,12,15). The summed E-state index contributed by atoms with van der Waals surface area (Å²) in [5, 5.41) is 8.90. The normalized spacial score (nSPS) is 10.5. The monoisotopic (exact) mass is 224 g/mol. The molecule has 0 spiro atoms. The van der Waals surface area contributed by atoms with Crippen LogP contribution in [0, 0.1) is 0 Å². The fourth-order valence-electron chi connectivity index (χ4n) is 1.42. The molecular weight excluding hydrogens is 208 g/mol. The van der Waals surface area contributed by atoms with Gasteiger partial charge in [0, 0.05) is 19.6 Å². The molecule has 1 aromatic rings. The molecule has 1 rings (SSSR count). The van der Waals surface area contributed by atoms with Gasteiger partial charge in [0.15, 0.2) is 0 Å². The van der Waals surface area contributed by atoms with Gasteiger partial charge in [0.25, 0.3) is 0 Å². The van der Waals surface area contributed by atoms with Gasteiger partial charge in [0.1, 0.15) is 0 Å². The highest BCUT2D eigenvalue weighted by Gasteiger charge is 2.05. The first-order chi connectivity index (χ1) is 7.22. The van der Waals surface area contributed by atoms with E-state index in [0.717, 1.165) is 6.54 Å². The number of nitrogens with two attached hydrogens (primary N) is 1. The molecule has 0 unspecified atom stereocenters. The molecule has 3 nitrogen and oxygen atoms in total. The Morgan fingerprint density at radius 3 is 2.53 bits per heavy atom. The molecular formula is C11H16N2OS. The summed E-state index contributed by atoms with van der Waals surface area (Å²) in [6.07, 6.45) is 0. The van der Waals surface area contributed by atoms with Gasteiger partial charge in [-0.3, -0.25) is 4.90 Å². The Kier molecular flexibility index (Phi) is 5.25. The Morgan fingerprint density at radius 1 is 1.33 bits per heavy atom. The van der Waals surface area contributed by atoms with Crippen molar-refractivity contribution < 1.29 is 5.11 Å². The van der Waals surface area contributed by atoms with Crippen LogP contribution in [0.4, 0.5) is 0 Å². The second kappa shape index (κ2) is 6.50. The van der Waals surface area contributed by atoms with Crippen LogP contribution in [0.25, 0.3) is 0 Å². The van der Waals surface area contributed by atoms with E-state index in [1.54, 1.807) is 0 Å². The highest BCUT2D eigenvalue weighted by atomic mass is 32.1. The summed E-state index contributed by atoms with van der Waals surface area (Å²) in [6, 6.07) is 10.1. The summed E-state index contributed by atoms with van der Waals surface area (Å²) in [5.74, 6) is 0. The van der Waals surface area contributed by atoms with E-state index in [2.05, 4.69) is 0 Å². The van der Waals surface area contributed by atoms with Gasteiger partial charge < -0.3 is 10.8 Å². The van der Waals surface area contributed by atoms with Crippen molar-refractivity contribution in [3.63, 3.8) is 0 Å². The lowest BCUT2D eigenvalue weighted by atomic mass is 10.2. The molecule has 4 heteroatoms. The van der Waals surface area contributed by atoms with Crippen LogP contribution in [0.2, 0.25) is 0 Å². The van der Waals surface area contributed by atoms with Gasteiger partial charge in [0.05, 0.1) is 11.6 Å². The van der Waals surface area contributed by atoms with Crippen molar-refractivity contribution in [3.05, 3.63) is 35.9 Å². The minimum absolute atomic E-state index is 0.120. The number of aliphatic hydroxyl groups is 1. The average Bonchev–Trinajstić information content (AvgIpc) is 2.18. The largest absolute Gasteiger partial charge is 0.395 e. The zero-order chi connectivity index (χ0) is 11.1. The predicted octanol–water partition coefficient (Wildman–Crippen LogP) is 0.767. The van der Waals surface area contributed by atoms with Crippen molar-refractivity contribution in [2.75, 3.05) is 19.7 Å². The zero-order valence-corrected chi connectivity index (χ0v) is 9.41. The van der Waals surface area contributed by atoms with Crippen LogP contribution in [0.3, 0.4) is 0 Å². The van der Waals surface area contributed by atoms with Gasteiger partial charge in [-0.25, -0.2) is 0 Å². The molecule has 0 atom stereocenters.